The number of nitrogens with one attached hydrogen (secondary N) is 1. The van der Waals surface area contributed by atoms with Gasteiger partial charge in [-0.25, -0.2) is 0 Å². The Labute approximate surface area is 213 Å². The van der Waals surface area contributed by atoms with Crippen molar-refractivity contribution in [1.29, 1.82) is 0 Å². The molecule has 0 aliphatic carbocycles. The van der Waals surface area contributed by atoms with Gasteiger partial charge in [-0.3, -0.25) is 9.59 Å². The van der Waals surface area contributed by atoms with E-state index < -0.39 is 23.4 Å². The number of hydrogen-bond acceptors (Lipinski definition) is 5. The van der Waals surface area contributed by atoms with E-state index in [9.17, 15) is 14.7 Å². The smallest absolute Gasteiger partial charge is 0.316 e. The first-order chi connectivity index (χ1) is 16.2. The quantitative estimate of drug-likeness (QED) is 0.423. The molecule has 1 aromatic heterocycles. The predicted molar refractivity (Wildman–Crippen MR) is 142 cm³/mol. The number of rotatable bonds is 9. The number of carbonyl (C=O) groups is 2. The summed E-state index contributed by atoms with van der Waals surface area (Å²) < 4.78 is 7.66. The minimum Gasteiger partial charge on any atom is -0.423 e. The summed E-state index contributed by atoms with van der Waals surface area (Å²) in [5.41, 5.74) is 0.994. The molecule has 1 heterocycles. The molecule has 3 rings (SSSR count). The van der Waals surface area contributed by atoms with E-state index in [1.807, 2.05) is 68.4 Å². The summed E-state index contributed by atoms with van der Waals surface area (Å²) in [6.07, 6.45) is -0.723. The maximum absolute atomic E-state index is 13.5. The van der Waals surface area contributed by atoms with Crippen LogP contribution >= 0.6 is 12.4 Å². The summed E-state index contributed by atoms with van der Waals surface area (Å²) in [7, 11) is 0. The predicted octanol–water partition coefficient (Wildman–Crippen LogP) is 4.44. The van der Waals surface area contributed by atoms with Gasteiger partial charge in [-0.05, 0) is 58.1 Å². The van der Waals surface area contributed by atoms with Gasteiger partial charge in [0.25, 0.3) is 5.91 Å². The normalized spacial score (nSPS) is 12.3. The number of nitrogens with zero attached hydrogens (tertiary/aromatic N) is 2. The number of halogens is 1. The second kappa shape index (κ2) is 12.2. The number of aliphatic hydroxyl groups excluding tert-OH is 1. The van der Waals surface area contributed by atoms with Crippen molar-refractivity contribution >= 4 is 35.2 Å². The van der Waals surface area contributed by atoms with Crippen LogP contribution in [0, 0.1) is 5.41 Å². The largest absolute Gasteiger partial charge is 0.423 e. The Morgan fingerprint density at radius 3 is 2.23 bits per heavy atom. The number of ether oxygens (including phenoxy) is 1. The zero-order valence-electron chi connectivity index (χ0n) is 21.1. The minimum absolute atomic E-state index is 0. The lowest BCUT2D eigenvalue weighted by molar-refractivity contribution is -0.142. The fourth-order valence-electron chi connectivity index (χ4n) is 3.75. The number of esters is 1. The van der Waals surface area contributed by atoms with E-state index in [1.54, 1.807) is 25.3 Å². The molecule has 35 heavy (non-hydrogen) atoms. The van der Waals surface area contributed by atoms with Crippen molar-refractivity contribution in [2.75, 3.05) is 26.2 Å². The van der Waals surface area contributed by atoms with Crippen molar-refractivity contribution in [3.8, 4) is 11.4 Å². The number of carbonyl (C=O) groups excluding carboxylic acids is 2. The lowest BCUT2D eigenvalue weighted by atomic mass is 9.97. The highest BCUT2D eigenvalue weighted by atomic mass is 35.5. The summed E-state index contributed by atoms with van der Waals surface area (Å²) in [5, 5.41) is 14.0. The van der Waals surface area contributed by atoms with Gasteiger partial charge >= 0.3 is 5.97 Å². The van der Waals surface area contributed by atoms with Crippen LogP contribution in [0.2, 0.25) is 0 Å². The number of para-hydroxylation sites is 2. The molecule has 3 aromatic rings. The molecule has 0 spiro atoms. The molecule has 8 heteroatoms. The van der Waals surface area contributed by atoms with E-state index in [-0.39, 0.29) is 30.4 Å². The molecule has 2 aromatic carbocycles. The summed E-state index contributed by atoms with van der Waals surface area (Å²) >= 11 is 0. The van der Waals surface area contributed by atoms with Gasteiger partial charge in [0.1, 0.15) is 0 Å². The van der Waals surface area contributed by atoms with Gasteiger partial charge in [0.15, 0.2) is 11.4 Å². The third-order valence-corrected chi connectivity index (χ3v) is 5.73. The number of hydrogen-bond donors (Lipinski definition) is 2. The van der Waals surface area contributed by atoms with Crippen molar-refractivity contribution < 1.29 is 19.4 Å². The number of likely N-dealkylation sites (N-methyl/N-ethyl adjacent to an activating group) is 1. The molecule has 1 atom stereocenters. The Morgan fingerprint density at radius 2 is 1.63 bits per heavy atom. The molecule has 0 aliphatic heterocycles. The molecule has 0 bridgehead atoms. The topological polar surface area (TPSA) is 83.8 Å². The Hall–Kier alpha value is -2.87. The molecule has 0 aliphatic rings. The number of aromatic nitrogens is 1. The highest BCUT2D eigenvalue weighted by Crippen LogP contribution is 2.37. The Kier molecular flexibility index (Phi) is 9.89. The molecule has 0 saturated carbocycles. The molecule has 0 fully saturated rings. The summed E-state index contributed by atoms with van der Waals surface area (Å²) in [6, 6.07) is 16.9. The first kappa shape index (κ1) is 28.4. The second-order valence-electron chi connectivity index (χ2n) is 9.36. The Morgan fingerprint density at radius 1 is 1.03 bits per heavy atom. The van der Waals surface area contributed by atoms with Crippen LogP contribution in [0.15, 0.2) is 54.6 Å². The fourth-order valence-corrected chi connectivity index (χ4v) is 3.75. The van der Waals surface area contributed by atoms with Gasteiger partial charge in [-0.15, -0.1) is 12.4 Å². The van der Waals surface area contributed by atoms with E-state index >= 15 is 0 Å². The molecule has 1 amide bonds. The number of amides is 1. The van der Waals surface area contributed by atoms with Crippen molar-refractivity contribution in [2.24, 2.45) is 5.41 Å². The summed E-state index contributed by atoms with van der Waals surface area (Å²) in [4.78, 5) is 28.5. The number of aliphatic hydroxyl groups is 1. The van der Waals surface area contributed by atoms with E-state index in [1.165, 1.54) is 0 Å². The van der Waals surface area contributed by atoms with Crippen LogP contribution in [-0.4, -0.2) is 58.7 Å². The lowest BCUT2D eigenvalue weighted by Crippen LogP contribution is -2.40. The molecule has 7 nitrogen and oxygen atoms in total. The van der Waals surface area contributed by atoms with Crippen LogP contribution in [-0.2, 0) is 4.79 Å². The molecule has 2 N–H and O–H groups in total. The van der Waals surface area contributed by atoms with Crippen molar-refractivity contribution in [2.45, 2.75) is 40.7 Å². The standard InChI is InChI=1S/C27H35N3O4.ClH/c1-6-29(7-2)18-20(31)17-28-25(32)23-24(34-26(33)27(3,4)5)21-15-11-12-16-22(21)30(23)19-13-9-8-10-14-19;/h8-16,20,31H,6-7,17-18H2,1-5H3,(H,28,32);1H. The maximum atomic E-state index is 13.5. The van der Waals surface area contributed by atoms with Crippen LogP contribution < -0.4 is 10.1 Å². The van der Waals surface area contributed by atoms with Gasteiger partial charge in [-0.2, -0.15) is 0 Å². The lowest BCUT2D eigenvalue weighted by Gasteiger charge is -2.22. The molecule has 0 saturated heterocycles. The second-order valence-corrected chi connectivity index (χ2v) is 9.36. The summed E-state index contributed by atoms with van der Waals surface area (Å²) in [6.45, 7) is 11.6. The van der Waals surface area contributed by atoms with Gasteiger partial charge < -0.3 is 24.6 Å². The van der Waals surface area contributed by atoms with Crippen LogP contribution in [0.4, 0.5) is 0 Å². The van der Waals surface area contributed by atoms with Crippen LogP contribution in [0.1, 0.15) is 45.1 Å². The van der Waals surface area contributed by atoms with Gasteiger partial charge in [-0.1, -0.05) is 44.2 Å². The molecule has 0 radical (unpaired) electrons. The van der Waals surface area contributed by atoms with Crippen molar-refractivity contribution in [3.05, 3.63) is 60.3 Å². The SMILES string of the molecule is CCN(CC)CC(O)CNC(=O)c1c(OC(=O)C(C)(C)C)c2ccccc2n1-c1ccccc1.Cl. The fraction of sp³-hybridized carbons (Fsp3) is 0.407. The van der Waals surface area contributed by atoms with Crippen LogP contribution in [0.3, 0.4) is 0 Å². The van der Waals surface area contributed by atoms with Gasteiger partial charge in [0, 0.05) is 24.2 Å². The summed E-state index contributed by atoms with van der Waals surface area (Å²) in [5.74, 6) is -0.635. The van der Waals surface area contributed by atoms with Gasteiger partial charge in [0.2, 0.25) is 0 Å². The average Bonchev–Trinajstić information content (AvgIpc) is 3.15. The van der Waals surface area contributed by atoms with Crippen molar-refractivity contribution in [1.82, 2.24) is 14.8 Å². The van der Waals surface area contributed by atoms with Crippen molar-refractivity contribution in [3.63, 3.8) is 0 Å². The number of fused-ring (bicyclic) bond motifs is 1. The minimum atomic E-state index is -0.746. The van der Waals surface area contributed by atoms with E-state index in [0.717, 1.165) is 24.3 Å². The maximum Gasteiger partial charge on any atom is 0.316 e. The molecular weight excluding hydrogens is 466 g/mol. The zero-order chi connectivity index (χ0) is 24.9. The van der Waals surface area contributed by atoms with E-state index in [2.05, 4.69) is 10.2 Å². The van der Waals surface area contributed by atoms with Crippen LogP contribution in [0.25, 0.3) is 16.6 Å². The number of benzene rings is 2. The highest BCUT2D eigenvalue weighted by Gasteiger charge is 2.31. The first-order valence-electron chi connectivity index (χ1n) is 11.8. The van der Waals surface area contributed by atoms with Crippen LogP contribution in [0.5, 0.6) is 5.75 Å². The Balaban J connectivity index is 0.00000432. The third-order valence-electron chi connectivity index (χ3n) is 5.73. The van der Waals surface area contributed by atoms with Gasteiger partial charge in [0.05, 0.1) is 17.0 Å². The van der Waals surface area contributed by atoms with E-state index in [4.69, 9.17) is 4.74 Å². The molecular formula is C27H36ClN3O4. The Bertz CT molecular complexity index is 1130. The first-order valence-corrected chi connectivity index (χ1v) is 11.8. The molecule has 1 unspecified atom stereocenters. The average molecular weight is 502 g/mol. The monoisotopic (exact) mass is 501 g/mol. The molecule has 190 valence electrons. The zero-order valence-corrected chi connectivity index (χ0v) is 21.9. The van der Waals surface area contributed by atoms with E-state index in [0.29, 0.717) is 11.9 Å². The third kappa shape index (κ3) is 6.63. The highest BCUT2D eigenvalue weighted by molar-refractivity contribution is 6.06.